The van der Waals surface area contributed by atoms with Gasteiger partial charge in [-0.2, -0.15) is 4.31 Å². The van der Waals surface area contributed by atoms with Gasteiger partial charge < -0.3 is 5.32 Å². The first-order valence-corrected chi connectivity index (χ1v) is 13.2. The molecule has 0 spiro atoms. The second kappa shape index (κ2) is 8.66. The lowest BCUT2D eigenvalue weighted by atomic mass is 9.97. The third kappa shape index (κ3) is 4.39. The third-order valence-electron chi connectivity index (χ3n) is 5.28. The van der Waals surface area contributed by atoms with E-state index in [0.29, 0.717) is 30.8 Å². The van der Waals surface area contributed by atoms with Crippen molar-refractivity contribution in [2.24, 2.45) is 5.92 Å². The van der Waals surface area contributed by atoms with Crippen LogP contribution in [0.25, 0.3) is 10.2 Å². The number of fused-ring (bicyclic) bond motifs is 1. The van der Waals surface area contributed by atoms with Crippen molar-refractivity contribution in [1.82, 2.24) is 9.29 Å². The van der Waals surface area contributed by atoms with Gasteiger partial charge in [-0.05, 0) is 68.5 Å². The molecule has 0 radical (unpaired) electrons. The van der Waals surface area contributed by atoms with Gasteiger partial charge in [0.2, 0.25) is 15.9 Å². The van der Waals surface area contributed by atoms with Crippen molar-refractivity contribution < 1.29 is 13.2 Å². The van der Waals surface area contributed by atoms with Gasteiger partial charge >= 0.3 is 0 Å². The molecule has 0 atom stereocenters. The molecule has 1 aromatic heterocycles. The molecular formula is C21H23N3O3S3. The van der Waals surface area contributed by atoms with Gasteiger partial charge in [-0.3, -0.25) is 4.79 Å². The summed E-state index contributed by atoms with van der Waals surface area (Å²) in [6, 6.07) is 12.7. The Morgan fingerprint density at radius 2 is 1.87 bits per heavy atom. The minimum atomic E-state index is -3.53. The number of anilines is 1. The lowest BCUT2D eigenvalue weighted by Crippen LogP contribution is -2.41. The Morgan fingerprint density at radius 1 is 1.17 bits per heavy atom. The minimum absolute atomic E-state index is 0.0670. The Balaban J connectivity index is 1.38. The highest BCUT2D eigenvalue weighted by molar-refractivity contribution is 7.98. The monoisotopic (exact) mass is 461 g/mol. The van der Waals surface area contributed by atoms with Gasteiger partial charge in [-0.25, -0.2) is 13.4 Å². The molecule has 0 bridgehead atoms. The van der Waals surface area contributed by atoms with Crippen molar-refractivity contribution >= 4 is 54.9 Å². The molecule has 4 rings (SSSR count). The zero-order chi connectivity index (χ0) is 21.3. The molecule has 30 heavy (non-hydrogen) atoms. The van der Waals surface area contributed by atoms with Gasteiger partial charge in [0, 0.05) is 29.6 Å². The van der Waals surface area contributed by atoms with Gasteiger partial charge in [-0.1, -0.05) is 0 Å². The molecule has 158 valence electrons. The Kier molecular flexibility index (Phi) is 6.15. The second-order valence-electron chi connectivity index (χ2n) is 7.26. The van der Waals surface area contributed by atoms with E-state index < -0.39 is 10.0 Å². The van der Waals surface area contributed by atoms with Crippen LogP contribution in [0.2, 0.25) is 0 Å². The number of aryl methyl sites for hydroxylation is 1. The molecule has 0 aliphatic carbocycles. The van der Waals surface area contributed by atoms with Crippen molar-refractivity contribution in [3.63, 3.8) is 0 Å². The average Bonchev–Trinajstić information content (AvgIpc) is 3.13. The number of carbonyl (C=O) groups is 1. The number of benzene rings is 2. The summed E-state index contributed by atoms with van der Waals surface area (Å²) in [5.41, 5.74) is 1.60. The SMILES string of the molecule is CSc1ccc(S(=O)(=O)N2CCC(C(=O)Nc3ccc4sc(C)nc4c3)CC2)cc1. The number of hydrogen-bond donors (Lipinski definition) is 1. The lowest BCUT2D eigenvalue weighted by Gasteiger charge is -2.30. The van der Waals surface area contributed by atoms with E-state index in [4.69, 9.17) is 0 Å². The van der Waals surface area contributed by atoms with Gasteiger partial charge in [0.25, 0.3) is 0 Å². The first-order valence-electron chi connectivity index (χ1n) is 9.69. The van der Waals surface area contributed by atoms with Crippen LogP contribution < -0.4 is 5.32 Å². The smallest absolute Gasteiger partial charge is 0.243 e. The van der Waals surface area contributed by atoms with E-state index in [1.165, 1.54) is 4.31 Å². The molecule has 1 N–H and O–H groups in total. The number of nitrogens with one attached hydrogen (secondary N) is 1. The summed E-state index contributed by atoms with van der Waals surface area (Å²) in [6.45, 7) is 2.64. The number of hydrogen-bond acceptors (Lipinski definition) is 6. The lowest BCUT2D eigenvalue weighted by molar-refractivity contribution is -0.120. The molecule has 6 nitrogen and oxygen atoms in total. The molecule has 0 saturated carbocycles. The molecular weight excluding hydrogens is 438 g/mol. The highest BCUT2D eigenvalue weighted by Crippen LogP contribution is 2.28. The zero-order valence-corrected chi connectivity index (χ0v) is 19.2. The van der Waals surface area contributed by atoms with E-state index in [9.17, 15) is 13.2 Å². The standard InChI is InChI=1S/C21H23N3O3S3/c1-14-22-19-13-16(3-8-20(19)29-14)23-21(25)15-9-11-24(12-10-15)30(26,27)18-6-4-17(28-2)5-7-18/h3-8,13,15H,9-12H2,1-2H3,(H,23,25). The quantitative estimate of drug-likeness (QED) is 0.571. The van der Waals surface area contributed by atoms with Crippen molar-refractivity contribution in [2.45, 2.75) is 29.6 Å². The number of thiazole rings is 1. The van der Waals surface area contributed by atoms with Crippen LogP contribution in [0.4, 0.5) is 5.69 Å². The number of sulfonamides is 1. The number of piperidine rings is 1. The summed E-state index contributed by atoms with van der Waals surface area (Å²) in [4.78, 5) is 18.5. The maximum Gasteiger partial charge on any atom is 0.243 e. The molecule has 1 saturated heterocycles. The third-order valence-corrected chi connectivity index (χ3v) is 8.89. The van der Waals surface area contributed by atoms with Crippen molar-refractivity contribution in [3.05, 3.63) is 47.5 Å². The Bertz CT molecular complexity index is 1170. The largest absolute Gasteiger partial charge is 0.326 e. The second-order valence-corrected chi connectivity index (χ2v) is 11.3. The van der Waals surface area contributed by atoms with Gasteiger partial charge in [0.05, 0.1) is 20.1 Å². The molecule has 1 aliphatic heterocycles. The fourth-order valence-electron chi connectivity index (χ4n) is 3.62. The maximum atomic E-state index is 12.9. The summed E-state index contributed by atoms with van der Waals surface area (Å²) < 4.78 is 28.4. The summed E-state index contributed by atoms with van der Waals surface area (Å²) in [5, 5.41) is 3.96. The zero-order valence-electron chi connectivity index (χ0n) is 16.8. The highest BCUT2D eigenvalue weighted by Gasteiger charge is 2.32. The van der Waals surface area contributed by atoms with E-state index >= 15 is 0 Å². The molecule has 1 aliphatic rings. The summed E-state index contributed by atoms with van der Waals surface area (Å²) in [6.07, 6.45) is 2.97. The van der Waals surface area contributed by atoms with E-state index in [1.807, 2.05) is 43.5 Å². The number of amides is 1. The van der Waals surface area contributed by atoms with Crippen LogP contribution in [0.5, 0.6) is 0 Å². The molecule has 9 heteroatoms. The molecule has 0 unspecified atom stereocenters. The number of carbonyl (C=O) groups excluding carboxylic acids is 1. The minimum Gasteiger partial charge on any atom is -0.326 e. The predicted molar refractivity (Wildman–Crippen MR) is 123 cm³/mol. The summed E-state index contributed by atoms with van der Waals surface area (Å²) in [7, 11) is -3.53. The van der Waals surface area contributed by atoms with Gasteiger partial charge in [0.1, 0.15) is 0 Å². The van der Waals surface area contributed by atoms with Crippen molar-refractivity contribution in [3.8, 4) is 0 Å². The van der Waals surface area contributed by atoms with Crippen LogP contribution in [0.3, 0.4) is 0 Å². The topological polar surface area (TPSA) is 79.4 Å². The molecule has 2 aromatic carbocycles. The number of rotatable bonds is 5. The number of thioether (sulfide) groups is 1. The van der Waals surface area contributed by atoms with E-state index in [-0.39, 0.29) is 11.8 Å². The average molecular weight is 462 g/mol. The normalized spacial score (nSPS) is 16.1. The molecule has 1 amide bonds. The number of nitrogens with zero attached hydrogens (tertiary/aromatic N) is 2. The Labute approximate surface area is 184 Å². The van der Waals surface area contributed by atoms with Gasteiger partial charge in [0.15, 0.2) is 0 Å². The molecule has 3 aromatic rings. The van der Waals surface area contributed by atoms with Crippen LogP contribution in [0.15, 0.2) is 52.3 Å². The van der Waals surface area contributed by atoms with E-state index in [2.05, 4.69) is 10.3 Å². The van der Waals surface area contributed by atoms with E-state index in [1.54, 1.807) is 35.2 Å². The molecule has 2 heterocycles. The Hall–Kier alpha value is -1.94. The summed E-state index contributed by atoms with van der Waals surface area (Å²) >= 11 is 3.20. The first-order chi connectivity index (χ1) is 14.4. The van der Waals surface area contributed by atoms with Crippen LogP contribution in [-0.2, 0) is 14.8 Å². The Morgan fingerprint density at radius 3 is 2.53 bits per heavy atom. The van der Waals surface area contributed by atoms with Crippen molar-refractivity contribution in [1.29, 1.82) is 0 Å². The van der Waals surface area contributed by atoms with Crippen molar-refractivity contribution in [2.75, 3.05) is 24.7 Å². The van der Waals surface area contributed by atoms with Crippen LogP contribution >= 0.6 is 23.1 Å². The first kappa shape index (κ1) is 21.3. The highest BCUT2D eigenvalue weighted by atomic mass is 32.2. The van der Waals surface area contributed by atoms with Crippen LogP contribution in [-0.4, -0.2) is 43.0 Å². The fraction of sp³-hybridized carbons (Fsp3) is 0.333. The maximum absolute atomic E-state index is 12.9. The molecule has 1 fully saturated rings. The predicted octanol–water partition coefficient (Wildman–Crippen LogP) is 4.37. The van der Waals surface area contributed by atoms with Crippen LogP contribution in [0, 0.1) is 12.8 Å². The fourth-order valence-corrected chi connectivity index (χ4v) is 6.31. The van der Waals surface area contributed by atoms with E-state index in [0.717, 1.165) is 25.8 Å². The van der Waals surface area contributed by atoms with Crippen LogP contribution in [0.1, 0.15) is 17.8 Å². The van der Waals surface area contributed by atoms with Gasteiger partial charge in [-0.15, -0.1) is 23.1 Å². The summed E-state index contributed by atoms with van der Waals surface area (Å²) in [5.74, 6) is -0.272. The number of aromatic nitrogens is 1.